The summed E-state index contributed by atoms with van der Waals surface area (Å²) in [5, 5.41) is 8.14. The van der Waals surface area contributed by atoms with Crippen LogP contribution < -0.4 is 14.8 Å². The number of nitrogens with one attached hydrogen (secondary N) is 1. The molecule has 0 amide bonds. The maximum Gasteiger partial charge on any atom is 0.308 e. The van der Waals surface area contributed by atoms with Gasteiger partial charge in [-0.25, -0.2) is 0 Å². The van der Waals surface area contributed by atoms with Crippen molar-refractivity contribution >= 4 is 23.4 Å². The van der Waals surface area contributed by atoms with Crippen LogP contribution >= 0.6 is 11.8 Å². The molecule has 1 N–H and O–H groups in total. The highest BCUT2D eigenvalue weighted by Crippen LogP contribution is 2.21. The largest absolute Gasteiger partial charge is 0.490 e. The predicted molar refractivity (Wildman–Crippen MR) is 116 cm³/mol. The summed E-state index contributed by atoms with van der Waals surface area (Å²) in [4.78, 5) is 16.3. The molecule has 1 fully saturated rings. The van der Waals surface area contributed by atoms with E-state index in [1.54, 1.807) is 12.1 Å². The molecule has 0 bridgehead atoms. The quantitative estimate of drug-likeness (QED) is 0.222. The zero-order valence-electron chi connectivity index (χ0n) is 16.7. The molecule has 1 saturated heterocycles. The van der Waals surface area contributed by atoms with E-state index in [1.807, 2.05) is 43.0 Å². The molecular weight excluding hydrogens is 388 g/mol. The lowest BCUT2D eigenvalue weighted by molar-refractivity contribution is -0.131. The number of nitrogens with zero attached hydrogens (tertiary/aromatic N) is 1. The number of carbonyl (C=O) groups is 1. The minimum atomic E-state index is -0.341. The molecule has 0 aromatic heterocycles. The van der Waals surface area contributed by atoms with Gasteiger partial charge in [0.15, 0.2) is 6.61 Å². The summed E-state index contributed by atoms with van der Waals surface area (Å²) in [7, 11) is 0. The van der Waals surface area contributed by atoms with E-state index in [1.165, 1.54) is 12.5 Å². The van der Waals surface area contributed by atoms with Crippen LogP contribution in [0.2, 0.25) is 0 Å². The van der Waals surface area contributed by atoms with Crippen LogP contribution in [0.15, 0.2) is 53.7 Å². The van der Waals surface area contributed by atoms with Crippen LogP contribution in [0.4, 0.5) is 0 Å². The Balaban J connectivity index is 1.37. The van der Waals surface area contributed by atoms with Crippen LogP contribution in [0.1, 0.15) is 25.0 Å². The first-order valence-corrected chi connectivity index (χ1v) is 10.6. The lowest BCUT2D eigenvalue weighted by Gasteiger charge is -2.09. The Labute approximate surface area is 175 Å². The van der Waals surface area contributed by atoms with Crippen molar-refractivity contribution in [3.8, 4) is 11.5 Å². The van der Waals surface area contributed by atoms with Gasteiger partial charge in [-0.05, 0) is 60.9 Å². The SMILES string of the molecule is CC(=O)Oc1ccc(C(C)=NOCCOc2ccc(CC3CNCS3)cc2)cc1. The van der Waals surface area contributed by atoms with E-state index in [2.05, 4.69) is 22.6 Å². The Bertz CT molecular complexity index is 816. The van der Waals surface area contributed by atoms with Crippen molar-refractivity contribution in [1.29, 1.82) is 0 Å². The molecule has 2 aromatic carbocycles. The monoisotopic (exact) mass is 414 g/mol. The third-order valence-electron chi connectivity index (χ3n) is 4.36. The van der Waals surface area contributed by atoms with Gasteiger partial charge in [0.2, 0.25) is 0 Å². The number of hydrogen-bond acceptors (Lipinski definition) is 7. The minimum absolute atomic E-state index is 0.341. The Kier molecular flexibility index (Phi) is 7.95. The number of hydrogen-bond donors (Lipinski definition) is 1. The van der Waals surface area contributed by atoms with Crippen molar-refractivity contribution < 1.29 is 19.1 Å². The first-order chi connectivity index (χ1) is 14.1. The standard InChI is InChI=1S/C22H26N2O4S/c1-16(19-5-9-21(10-6-19)28-17(2)25)24-27-12-11-26-20-7-3-18(4-8-20)13-22-14-23-15-29-22/h3-10,22-23H,11-15H2,1-2H3. The molecule has 1 aliphatic heterocycles. The Morgan fingerprint density at radius 2 is 1.79 bits per heavy atom. The Morgan fingerprint density at radius 3 is 2.45 bits per heavy atom. The molecule has 1 atom stereocenters. The van der Waals surface area contributed by atoms with E-state index in [9.17, 15) is 4.79 Å². The molecule has 1 heterocycles. The second kappa shape index (κ2) is 10.9. The van der Waals surface area contributed by atoms with Crippen molar-refractivity contribution in [3.05, 3.63) is 59.7 Å². The molecule has 0 spiro atoms. The molecule has 0 aliphatic carbocycles. The van der Waals surface area contributed by atoms with Gasteiger partial charge in [0.1, 0.15) is 18.1 Å². The smallest absolute Gasteiger partial charge is 0.308 e. The molecule has 1 unspecified atom stereocenters. The van der Waals surface area contributed by atoms with E-state index in [0.717, 1.165) is 35.9 Å². The second-order valence-corrected chi connectivity index (χ2v) is 8.00. The summed E-state index contributed by atoms with van der Waals surface area (Å²) >= 11 is 1.97. The van der Waals surface area contributed by atoms with E-state index in [4.69, 9.17) is 14.3 Å². The van der Waals surface area contributed by atoms with Crippen LogP contribution in [-0.2, 0) is 16.1 Å². The first-order valence-electron chi connectivity index (χ1n) is 9.59. The van der Waals surface area contributed by atoms with Crippen molar-refractivity contribution in [2.24, 2.45) is 5.16 Å². The van der Waals surface area contributed by atoms with Gasteiger partial charge in [-0.15, -0.1) is 11.8 Å². The van der Waals surface area contributed by atoms with Crippen molar-refractivity contribution in [2.45, 2.75) is 25.5 Å². The van der Waals surface area contributed by atoms with Crippen LogP contribution in [0.5, 0.6) is 11.5 Å². The molecule has 6 nitrogen and oxygen atoms in total. The van der Waals surface area contributed by atoms with E-state index >= 15 is 0 Å². The maximum absolute atomic E-state index is 10.9. The average Bonchev–Trinajstić information content (AvgIpc) is 3.22. The van der Waals surface area contributed by atoms with Gasteiger partial charge in [-0.3, -0.25) is 4.79 Å². The van der Waals surface area contributed by atoms with E-state index in [-0.39, 0.29) is 5.97 Å². The average molecular weight is 415 g/mol. The van der Waals surface area contributed by atoms with Crippen LogP contribution in [-0.4, -0.2) is 42.6 Å². The van der Waals surface area contributed by atoms with Crippen molar-refractivity contribution in [1.82, 2.24) is 5.32 Å². The molecular formula is C22H26N2O4S. The second-order valence-electron chi connectivity index (χ2n) is 6.71. The molecule has 7 heteroatoms. The summed E-state index contributed by atoms with van der Waals surface area (Å²) < 4.78 is 10.7. The van der Waals surface area contributed by atoms with Gasteiger partial charge >= 0.3 is 5.97 Å². The highest BCUT2D eigenvalue weighted by molar-refractivity contribution is 8.00. The van der Waals surface area contributed by atoms with E-state index < -0.39 is 0 Å². The third kappa shape index (κ3) is 7.11. The van der Waals surface area contributed by atoms with E-state index in [0.29, 0.717) is 24.2 Å². The van der Waals surface area contributed by atoms with Gasteiger partial charge in [0, 0.05) is 24.6 Å². The summed E-state index contributed by atoms with van der Waals surface area (Å²) in [6.45, 7) is 5.09. The number of benzene rings is 2. The molecule has 154 valence electrons. The van der Waals surface area contributed by atoms with Gasteiger partial charge in [0.05, 0.1) is 5.71 Å². The van der Waals surface area contributed by atoms with Crippen molar-refractivity contribution in [2.75, 3.05) is 25.6 Å². The first kappa shape index (κ1) is 21.2. The van der Waals surface area contributed by atoms with Gasteiger partial charge in [-0.2, -0.15) is 0 Å². The lowest BCUT2D eigenvalue weighted by atomic mass is 10.1. The number of oxime groups is 1. The lowest BCUT2D eigenvalue weighted by Crippen LogP contribution is -2.14. The molecule has 2 aromatic rings. The number of carbonyl (C=O) groups excluding carboxylic acids is 1. The van der Waals surface area contributed by atoms with Crippen LogP contribution in [0, 0.1) is 0 Å². The normalized spacial score (nSPS) is 16.5. The third-order valence-corrected chi connectivity index (χ3v) is 5.53. The molecule has 29 heavy (non-hydrogen) atoms. The van der Waals surface area contributed by atoms with Gasteiger partial charge in [0.25, 0.3) is 0 Å². The number of rotatable bonds is 9. The Morgan fingerprint density at radius 1 is 1.07 bits per heavy atom. The number of ether oxygens (including phenoxy) is 2. The van der Waals surface area contributed by atoms with Gasteiger partial charge in [-0.1, -0.05) is 17.3 Å². The molecule has 1 aliphatic rings. The topological polar surface area (TPSA) is 69.2 Å². The summed E-state index contributed by atoms with van der Waals surface area (Å²) in [6, 6.07) is 15.4. The molecule has 0 saturated carbocycles. The number of thioether (sulfide) groups is 1. The summed E-state index contributed by atoms with van der Waals surface area (Å²) in [5.41, 5.74) is 2.96. The fourth-order valence-corrected chi connectivity index (χ4v) is 3.91. The fourth-order valence-electron chi connectivity index (χ4n) is 2.89. The minimum Gasteiger partial charge on any atom is -0.490 e. The van der Waals surface area contributed by atoms with Crippen LogP contribution in [0.25, 0.3) is 0 Å². The zero-order chi connectivity index (χ0) is 20.5. The zero-order valence-corrected chi connectivity index (χ0v) is 17.5. The van der Waals surface area contributed by atoms with Crippen molar-refractivity contribution in [3.63, 3.8) is 0 Å². The highest BCUT2D eigenvalue weighted by atomic mass is 32.2. The summed E-state index contributed by atoms with van der Waals surface area (Å²) in [5.74, 6) is 2.04. The maximum atomic E-state index is 10.9. The predicted octanol–water partition coefficient (Wildman–Crippen LogP) is 3.64. The van der Waals surface area contributed by atoms with Gasteiger partial charge < -0.3 is 19.6 Å². The summed E-state index contributed by atoms with van der Waals surface area (Å²) in [6.07, 6.45) is 1.08. The molecule has 3 rings (SSSR count). The number of esters is 1. The molecule has 0 radical (unpaired) electrons. The van der Waals surface area contributed by atoms with Crippen LogP contribution in [0.3, 0.4) is 0 Å². The Hall–Kier alpha value is -2.51. The highest BCUT2D eigenvalue weighted by Gasteiger charge is 2.15. The fraction of sp³-hybridized carbons (Fsp3) is 0.364.